The number of rotatable bonds is 4. The first kappa shape index (κ1) is 13.3. The van der Waals surface area contributed by atoms with Crippen molar-refractivity contribution in [2.45, 2.75) is 12.8 Å². The summed E-state index contributed by atoms with van der Waals surface area (Å²) in [7, 11) is 1.49. The van der Waals surface area contributed by atoms with Crippen LogP contribution in [0.2, 0.25) is 0 Å². The first-order valence-corrected chi connectivity index (χ1v) is 6.55. The van der Waals surface area contributed by atoms with E-state index in [2.05, 4.69) is 10.2 Å². The quantitative estimate of drug-likeness (QED) is 0.882. The van der Waals surface area contributed by atoms with E-state index in [1.165, 1.54) is 13.5 Å². The van der Waals surface area contributed by atoms with Crippen LogP contribution < -0.4 is 10.1 Å². The molecule has 0 aliphatic carbocycles. The molecule has 1 aromatic carbocycles. The highest BCUT2D eigenvalue weighted by molar-refractivity contribution is 5.29. The molecular formula is C14H21FN2O. The van der Waals surface area contributed by atoms with E-state index in [0.29, 0.717) is 5.75 Å². The molecule has 1 heterocycles. The largest absolute Gasteiger partial charge is 0.494 e. The third kappa shape index (κ3) is 3.68. The molecule has 0 spiro atoms. The van der Waals surface area contributed by atoms with Gasteiger partial charge in [0.1, 0.15) is 0 Å². The Bertz CT molecular complexity index is 376. The lowest BCUT2D eigenvalue weighted by atomic mass is 10.1. The van der Waals surface area contributed by atoms with E-state index in [-0.39, 0.29) is 5.82 Å². The van der Waals surface area contributed by atoms with Gasteiger partial charge in [0, 0.05) is 19.6 Å². The molecule has 0 aromatic heterocycles. The Kier molecular flexibility index (Phi) is 4.96. The minimum absolute atomic E-state index is 0.271. The maximum atomic E-state index is 13.5. The monoisotopic (exact) mass is 252 g/mol. The Morgan fingerprint density at radius 2 is 2.22 bits per heavy atom. The van der Waals surface area contributed by atoms with Crippen LogP contribution in [-0.4, -0.2) is 44.7 Å². The highest BCUT2D eigenvalue weighted by Gasteiger charge is 2.09. The number of ether oxygens (including phenoxy) is 1. The first-order valence-electron chi connectivity index (χ1n) is 6.55. The molecule has 4 heteroatoms. The summed E-state index contributed by atoms with van der Waals surface area (Å²) in [6.07, 6.45) is 2.08. The van der Waals surface area contributed by atoms with E-state index in [1.807, 2.05) is 6.07 Å². The molecule has 1 fully saturated rings. The molecular weight excluding hydrogens is 231 g/mol. The minimum Gasteiger partial charge on any atom is -0.494 e. The highest BCUT2D eigenvalue weighted by atomic mass is 19.1. The zero-order chi connectivity index (χ0) is 12.8. The highest BCUT2D eigenvalue weighted by Crippen LogP contribution is 2.18. The summed E-state index contributed by atoms with van der Waals surface area (Å²) in [6.45, 7) is 5.36. The number of nitrogens with zero attached hydrogens (tertiary/aromatic N) is 1. The second-order valence-corrected chi connectivity index (χ2v) is 4.66. The van der Waals surface area contributed by atoms with Crippen LogP contribution in [0.4, 0.5) is 4.39 Å². The fraction of sp³-hybridized carbons (Fsp3) is 0.571. The third-order valence-corrected chi connectivity index (χ3v) is 3.37. The molecule has 3 nitrogen and oxygen atoms in total. The molecule has 0 atom stereocenters. The van der Waals surface area contributed by atoms with Crippen molar-refractivity contribution in [1.82, 2.24) is 10.2 Å². The molecule has 1 aliphatic heterocycles. The summed E-state index contributed by atoms with van der Waals surface area (Å²) in [5, 5.41) is 3.38. The van der Waals surface area contributed by atoms with Crippen molar-refractivity contribution >= 4 is 0 Å². The molecule has 18 heavy (non-hydrogen) atoms. The van der Waals surface area contributed by atoms with Gasteiger partial charge in [-0.25, -0.2) is 4.39 Å². The van der Waals surface area contributed by atoms with Crippen LogP contribution in [0.1, 0.15) is 12.0 Å². The van der Waals surface area contributed by atoms with Crippen LogP contribution in [0.5, 0.6) is 5.75 Å². The van der Waals surface area contributed by atoms with E-state index in [1.54, 1.807) is 12.1 Å². The standard InChI is InChI=1S/C14H21FN2O/c1-18-14-4-3-12(11-13(14)15)5-9-17-8-2-6-16-7-10-17/h3-4,11,16H,2,5-10H2,1H3. The molecule has 1 aromatic rings. The van der Waals surface area contributed by atoms with Crippen molar-refractivity contribution < 1.29 is 9.13 Å². The number of hydrogen-bond acceptors (Lipinski definition) is 3. The molecule has 2 rings (SSSR count). The lowest BCUT2D eigenvalue weighted by molar-refractivity contribution is 0.296. The van der Waals surface area contributed by atoms with Gasteiger partial charge in [-0.05, 0) is 43.6 Å². The van der Waals surface area contributed by atoms with Crippen molar-refractivity contribution in [3.8, 4) is 5.75 Å². The Morgan fingerprint density at radius 3 is 3.00 bits per heavy atom. The van der Waals surface area contributed by atoms with Crippen molar-refractivity contribution in [2.24, 2.45) is 0 Å². The minimum atomic E-state index is -0.271. The van der Waals surface area contributed by atoms with Crippen molar-refractivity contribution in [1.29, 1.82) is 0 Å². The SMILES string of the molecule is COc1ccc(CCN2CCCNCC2)cc1F. The summed E-state index contributed by atoms with van der Waals surface area (Å²) in [4.78, 5) is 2.43. The second-order valence-electron chi connectivity index (χ2n) is 4.66. The van der Waals surface area contributed by atoms with E-state index in [9.17, 15) is 4.39 Å². The molecule has 0 radical (unpaired) electrons. The van der Waals surface area contributed by atoms with E-state index in [4.69, 9.17) is 4.74 Å². The van der Waals surface area contributed by atoms with Gasteiger partial charge in [0.05, 0.1) is 7.11 Å². The number of halogens is 1. The lowest BCUT2D eigenvalue weighted by Gasteiger charge is -2.19. The fourth-order valence-electron chi connectivity index (χ4n) is 2.28. The van der Waals surface area contributed by atoms with E-state index in [0.717, 1.165) is 44.7 Å². The molecule has 1 N–H and O–H groups in total. The molecule has 0 unspecified atom stereocenters. The van der Waals surface area contributed by atoms with Gasteiger partial charge in [-0.2, -0.15) is 0 Å². The van der Waals surface area contributed by atoms with E-state index < -0.39 is 0 Å². The zero-order valence-electron chi connectivity index (χ0n) is 10.9. The smallest absolute Gasteiger partial charge is 0.165 e. The van der Waals surface area contributed by atoms with Gasteiger partial charge in [-0.1, -0.05) is 6.07 Å². The van der Waals surface area contributed by atoms with E-state index >= 15 is 0 Å². The van der Waals surface area contributed by atoms with Crippen molar-refractivity contribution in [3.05, 3.63) is 29.6 Å². The van der Waals surface area contributed by atoms with Gasteiger partial charge < -0.3 is 15.0 Å². The molecule has 1 aliphatic rings. The second kappa shape index (κ2) is 6.71. The topological polar surface area (TPSA) is 24.5 Å². The number of hydrogen-bond donors (Lipinski definition) is 1. The predicted molar refractivity (Wildman–Crippen MR) is 70.6 cm³/mol. The first-order chi connectivity index (χ1) is 8.79. The van der Waals surface area contributed by atoms with Gasteiger partial charge in [0.25, 0.3) is 0 Å². The average Bonchev–Trinajstić information content (AvgIpc) is 2.65. The molecule has 0 saturated carbocycles. The normalized spacial score (nSPS) is 17.4. The van der Waals surface area contributed by atoms with Gasteiger partial charge >= 0.3 is 0 Å². The molecule has 100 valence electrons. The predicted octanol–water partition coefficient (Wildman–Crippen LogP) is 1.67. The van der Waals surface area contributed by atoms with Crippen LogP contribution >= 0.6 is 0 Å². The Labute approximate surface area is 108 Å². The number of methoxy groups -OCH3 is 1. The number of nitrogens with one attached hydrogen (secondary N) is 1. The Balaban J connectivity index is 1.87. The van der Waals surface area contributed by atoms with Crippen LogP contribution in [0.25, 0.3) is 0 Å². The van der Waals surface area contributed by atoms with Gasteiger partial charge in [0.15, 0.2) is 11.6 Å². The Hall–Kier alpha value is -1.13. The summed E-state index contributed by atoms with van der Waals surface area (Å²) in [5.41, 5.74) is 1.03. The van der Waals surface area contributed by atoms with Crippen LogP contribution in [0, 0.1) is 5.82 Å². The van der Waals surface area contributed by atoms with Gasteiger partial charge in [0.2, 0.25) is 0 Å². The Morgan fingerprint density at radius 1 is 1.33 bits per heavy atom. The summed E-state index contributed by atoms with van der Waals surface area (Å²) >= 11 is 0. The average molecular weight is 252 g/mol. The maximum Gasteiger partial charge on any atom is 0.165 e. The molecule has 0 amide bonds. The summed E-state index contributed by atoms with van der Waals surface area (Å²) in [5.74, 6) is 0.0465. The lowest BCUT2D eigenvalue weighted by Crippen LogP contribution is -2.30. The zero-order valence-corrected chi connectivity index (χ0v) is 10.9. The third-order valence-electron chi connectivity index (χ3n) is 3.37. The van der Waals surface area contributed by atoms with Crippen LogP contribution in [-0.2, 0) is 6.42 Å². The van der Waals surface area contributed by atoms with Crippen molar-refractivity contribution in [2.75, 3.05) is 39.8 Å². The molecule has 1 saturated heterocycles. The van der Waals surface area contributed by atoms with Crippen molar-refractivity contribution in [3.63, 3.8) is 0 Å². The van der Waals surface area contributed by atoms with Crippen LogP contribution in [0.3, 0.4) is 0 Å². The number of benzene rings is 1. The van der Waals surface area contributed by atoms with Gasteiger partial charge in [-0.15, -0.1) is 0 Å². The van der Waals surface area contributed by atoms with Gasteiger partial charge in [-0.3, -0.25) is 0 Å². The summed E-state index contributed by atoms with van der Waals surface area (Å²) < 4.78 is 18.4. The van der Waals surface area contributed by atoms with Crippen LogP contribution in [0.15, 0.2) is 18.2 Å². The maximum absolute atomic E-state index is 13.5. The summed E-state index contributed by atoms with van der Waals surface area (Å²) in [6, 6.07) is 5.22. The fourth-order valence-corrected chi connectivity index (χ4v) is 2.28. The molecule has 0 bridgehead atoms.